The van der Waals surface area contributed by atoms with Crippen LogP contribution in [-0.4, -0.2) is 88.6 Å². The summed E-state index contributed by atoms with van der Waals surface area (Å²) in [5, 5.41) is 11.1. The number of aliphatic hydroxyl groups is 1. The highest BCUT2D eigenvalue weighted by Crippen LogP contribution is 2.57. The highest BCUT2D eigenvalue weighted by Gasteiger charge is 2.74. The second kappa shape index (κ2) is 14.1. The number of allylic oxidation sites excluding steroid dienone is 1. The summed E-state index contributed by atoms with van der Waals surface area (Å²) < 4.78 is 12.9. The lowest BCUT2D eigenvalue weighted by Gasteiger charge is -2.40. The van der Waals surface area contributed by atoms with Crippen molar-refractivity contribution < 1.29 is 33.8 Å². The first-order chi connectivity index (χ1) is 23.5. The highest BCUT2D eigenvalue weighted by molar-refractivity contribution is 6.34. The summed E-state index contributed by atoms with van der Waals surface area (Å²) in [5.41, 5.74) is -0.341. The van der Waals surface area contributed by atoms with Crippen LogP contribution in [0.2, 0.25) is 5.02 Å². The minimum absolute atomic E-state index is 0.101. The molecule has 1 N–H and O–H groups in total. The van der Waals surface area contributed by atoms with Crippen molar-refractivity contribution >= 4 is 41.0 Å². The van der Waals surface area contributed by atoms with Gasteiger partial charge in [-0.25, -0.2) is 0 Å². The van der Waals surface area contributed by atoms with E-state index in [0.29, 0.717) is 29.1 Å². The summed E-state index contributed by atoms with van der Waals surface area (Å²) in [4.78, 5) is 62.2. The molecule has 0 unspecified atom stereocenters. The lowest BCUT2D eigenvalue weighted by Crippen LogP contribution is -2.59. The maximum atomic E-state index is 15.1. The maximum absolute atomic E-state index is 15.1. The van der Waals surface area contributed by atoms with E-state index >= 15 is 4.79 Å². The molecular weight excluding hydrogens is 646 g/mol. The van der Waals surface area contributed by atoms with Crippen molar-refractivity contribution in [1.82, 2.24) is 9.80 Å². The summed E-state index contributed by atoms with van der Waals surface area (Å²) >= 11 is 6.68. The number of nitrogens with zero attached hydrogens (tertiary/aromatic N) is 3. The number of fused-ring (bicyclic) bond motifs is 2. The minimum Gasteiger partial charge on any atom is -0.455 e. The minimum atomic E-state index is -1.48. The van der Waals surface area contributed by atoms with E-state index in [1.54, 1.807) is 48.4 Å². The summed E-state index contributed by atoms with van der Waals surface area (Å²) in [6, 6.07) is 13.7. The van der Waals surface area contributed by atoms with E-state index in [1.807, 2.05) is 63.3 Å². The van der Waals surface area contributed by atoms with Crippen molar-refractivity contribution in [3.05, 3.63) is 89.5 Å². The van der Waals surface area contributed by atoms with Crippen LogP contribution in [0.4, 0.5) is 5.69 Å². The fourth-order valence-electron chi connectivity index (χ4n) is 7.86. The average Bonchev–Trinajstić information content (AvgIpc) is 3.76. The molecule has 2 saturated heterocycles. The first-order valence-corrected chi connectivity index (χ1v) is 17.5. The van der Waals surface area contributed by atoms with Gasteiger partial charge in [-0.3, -0.25) is 19.2 Å². The number of esters is 1. The fraction of sp³-hybridized carbons (Fsp3) is 0.474. The summed E-state index contributed by atoms with van der Waals surface area (Å²) in [6.07, 6.45) is 6.76. The van der Waals surface area contributed by atoms with Crippen LogP contribution >= 0.6 is 11.6 Å². The number of aliphatic hydroxyl groups excluding tert-OH is 1. The number of anilines is 1. The Balaban J connectivity index is 1.50. The van der Waals surface area contributed by atoms with E-state index < -0.39 is 65.6 Å². The molecule has 4 aliphatic heterocycles. The van der Waals surface area contributed by atoms with E-state index in [-0.39, 0.29) is 31.4 Å². The zero-order valence-corrected chi connectivity index (χ0v) is 29.0. The van der Waals surface area contributed by atoms with Crippen LogP contribution in [0.1, 0.15) is 51.7 Å². The van der Waals surface area contributed by atoms with Gasteiger partial charge >= 0.3 is 5.97 Å². The van der Waals surface area contributed by atoms with Gasteiger partial charge in [0.25, 0.3) is 5.91 Å². The standard InChI is InChI=1S/C38H44ClN3O7/c1-5-23(2)28(22-43)42-34-36(46)41(27-17-12-11-16-26(27)39)21-13-7-10-18-30(44)40(4)24(3)33(25-14-8-6-9-15-25)48-37(47)31-29-19-20-38(34,49-29)32(31)35(42)45/h6-9,11-17,19-20,23-24,28-29,31-34,43H,5,10,18,21-22H2,1-4H3/b13-7-/t23-,24+,28-,29-,31+,32+,33-,34-,38+/m0/s1. The smallest absolute Gasteiger partial charge is 0.313 e. The number of hydrogen-bond acceptors (Lipinski definition) is 7. The van der Waals surface area contributed by atoms with Crippen molar-refractivity contribution in [1.29, 1.82) is 0 Å². The van der Waals surface area contributed by atoms with Crippen LogP contribution in [0.5, 0.6) is 0 Å². The van der Waals surface area contributed by atoms with Crippen molar-refractivity contribution in [3.63, 3.8) is 0 Å². The fourth-order valence-corrected chi connectivity index (χ4v) is 8.09. The number of cyclic esters (lactones) is 1. The van der Waals surface area contributed by atoms with Gasteiger partial charge in [0.1, 0.15) is 23.7 Å². The van der Waals surface area contributed by atoms with Crippen LogP contribution < -0.4 is 4.90 Å². The van der Waals surface area contributed by atoms with Gasteiger partial charge in [0, 0.05) is 20.0 Å². The number of likely N-dealkylation sites (tertiary alicyclic amines) is 1. The number of rotatable bonds is 6. The average molecular weight is 690 g/mol. The lowest BCUT2D eigenvalue weighted by molar-refractivity contribution is -0.164. The summed E-state index contributed by atoms with van der Waals surface area (Å²) in [5.74, 6) is -3.99. The number of para-hydroxylation sites is 1. The number of ether oxygens (including phenoxy) is 2. The first-order valence-electron chi connectivity index (χ1n) is 17.1. The molecule has 6 rings (SSSR count). The van der Waals surface area contributed by atoms with Crippen molar-refractivity contribution in [2.24, 2.45) is 17.8 Å². The number of hydrogen-bond donors (Lipinski definition) is 1. The zero-order chi connectivity index (χ0) is 35.0. The molecule has 0 aliphatic carbocycles. The maximum Gasteiger partial charge on any atom is 0.313 e. The quantitative estimate of drug-likeness (QED) is 0.345. The molecule has 3 amide bonds. The Kier molecular flexibility index (Phi) is 10.0. The van der Waals surface area contributed by atoms with Crippen LogP contribution in [0.25, 0.3) is 0 Å². The third-order valence-corrected chi connectivity index (χ3v) is 11.2. The molecular formula is C38H44ClN3O7. The monoisotopic (exact) mass is 689 g/mol. The summed E-state index contributed by atoms with van der Waals surface area (Å²) in [7, 11) is 1.69. The van der Waals surface area contributed by atoms with E-state index in [1.165, 1.54) is 9.80 Å². The molecule has 0 saturated carbocycles. The highest BCUT2D eigenvalue weighted by atomic mass is 35.5. The van der Waals surface area contributed by atoms with Gasteiger partial charge in [0.15, 0.2) is 0 Å². The zero-order valence-electron chi connectivity index (χ0n) is 28.3. The molecule has 5 bridgehead atoms. The van der Waals surface area contributed by atoms with Crippen molar-refractivity contribution in [2.75, 3.05) is 25.1 Å². The predicted octanol–water partition coefficient (Wildman–Crippen LogP) is 4.71. The molecule has 0 aromatic heterocycles. The Hall–Kier alpha value is -3.99. The van der Waals surface area contributed by atoms with E-state index in [4.69, 9.17) is 21.1 Å². The molecule has 2 aromatic carbocycles. The Morgan fingerprint density at radius 2 is 1.73 bits per heavy atom. The number of halogens is 1. The SMILES string of the molecule is CC[C@H](C)[C@H](CO)N1C(=O)[C@H]2[C@@H]3C(=O)O[C@H](c4ccccc4)[C@@H](C)N(C)C(=O)CC/C=C\CN(c4ccccc4Cl)C(=O)[C@H]1[C@@]21C=C[C@@H]3O1. The van der Waals surface area contributed by atoms with Gasteiger partial charge in [0.2, 0.25) is 11.8 Å². The number of carbonyl (C=O) groups excluding carboxylic acids is 4. The van der Waals surface area contributed by atoms with Crippen molar-refractivity contribution in [3.8, 4) is 0 Å². The Morgan fingerprint density at radius 1 is 1.02 bits per heavy atom. The van der Waals surface area contributed by atoms with E-state index in [0.717, 1.165) is 0 Å². The lowest BCUT2D eigenvalue weighted by atomic mass is 9.74. The van der Waals surface area contributed by atoms with Gasteiger partial charge in [-0.05, 0) is 37.0 Å². The van der Waals surface area contributed by atoms with Crippen molar-refractivity contribution in [2.45, 2.75) is 76.0 Å². The van der Waals surface area contributed by atoms with Crippen LogP contribution in [0.15, 0.2) is 78.9 Å². The molecule has 260 valence electrons. The predicted molar refractivity (Wildman–Crippen MR) is 184 cm³/mol. The summed E-state index contributed by atoms with van der Waals surface area (Å²) in [6.45, 7) is 5.45. The van der Waals surface area contributed by atoms with Crippen LogP contribution in [-0.2, 0) is 28.7 Å². The van der Waals surface area contributed by atoms with Gasteiger partial charge in [0.05, 0.1) is 41.4 Å². The molecule has 0 radical (unpaired) electrons. The number of likely N-dealkylation sites (N-methyl/N-ethyl adjacent to an activating group) is 1. The number of carbonyl (C=O) groups is 4. The van der Waals surface area contributed by atoms with Gasteiger partial charge in [-0.15, -0.1) is 0 Å². The van der Waals surface area contributed by atoms with Gasteiger partial charge < -0.3 is 29.3 Å². The van der Waals surface area contributed by atoms with Crippen LogP contribution in [0, 0.1) is 17.8 Å². The molecule has 9 atom stereocenters. The molecule has 4 heterocycles. The molecule has 2 fully saturated rings. The number of benzene rings is 2. The molecule has 1 spiro atoms. The van der Waals surface area contributed by atoms with E-state index in [9.17, 15) is 19.5 Å². The molecule has 11 heteroatoms. The second-order valence-electron chi connectivity index (χ2n) is 13.5. The molecule has 2 aromatic rings. The van der Waals surface area contributed by atoms with Gasteiger partial charge in [-0.2, -0.15) is 0 Å². The second-order valence-corrected chi connectivity index (χ2v) is 13.9. The topological polar surface area (TPSA) is 117 Å². The Morgan fingerprint density at radius 3 is 2.43 bits per heavy atom. The third kappa shape index (κ3) is 5.98. The van der Waals surface area contributed by atoms with Gasteiger partial charge in [-0.1, -0.05) is 98.6 Å². The molecule has 49 heavy (non-hydrogen) atoms. The molecule has 10 nitrogen and oxygen atoms in total. The largest absolute Gasteiger partial charge is 0.455 e. The third-order valence-electron chi connectivity index (χ3n) is 10.9. The van der Waals surface area contributed by atoms with Crippen LogP contribution in [0.3, 0.4) is 0 Å². The van der Waals surface area contributed by atoms with E-state index in [2.05, 4.69) is 0 Å². The first kappa shape index (κ1) is 34.9. The Labute approximate surface area is 292 Å². The number of amides is 3. The molecule has 4 aliphatic rings. The Bertz CT molecular complexity index is 1650. The normalized spacial score (nSPS) is 32.3.